The number of fused-ring (bicyclic) bond motifs is 1. The van der Waals surface area contributed by atoms with Gasteiger partial charge in [0.1, 0.15) is 5.82 Å². The zero-order valence-corrected chi connectivity index (χ0v) is 14.9. The Morgan fingerprint density at radius 2 is 1.89 bits per heavy atom. The van der Waals surface area contributed by atoms with Gasteiger partial charge >= 0.3 is 11.9 Å². The molecule has 0 radical (unpaired) electrons. The molecule has 1 aliphatic heterocycles. The number of para-hydroxylation sites is 2. The van der Waals surface area contributed by atoms with Gasteiger partial charge in [0.05, 0.1) is 21.6 Å². The molecule has 9 heteroatoms. The number of pyridine rings is 1. The molecule has 1 fully saturated rings. The third-order valence-electron chi connectivity index (χ3n) is 4.90. The van der Waals surface area contributed by atoms with Crippen molar-refractivity contribution in [3.63, 3.8) is 0 Å². The molecule has 0 amide bonds. The number of aromatic amines is 1. The first kappa shape index (κ1) is 17.9. The number of hydrogen-bond acceptors (Lipinski definition) is 3. The first-order valence-corrected chi connectivity index (χ1v) is 8.89. The van der Waals surface area contributed by atoms with Gasteiger partial charge in [-0.1, -0.05) is 23.7 Å². The molecule has 5 nitrogen and oxygen atoms in total. The second-order valence-electron chi connectivity index (χ2n) is 6.56. The number of alkyl halides is 3. The number of imidazole rings is 1. The van der Waals surface area contributed by atoms with E-state index in [2.05, 4.69) is 9.97 Å². The fourth-order valence-corrected chi connectivity index (χ4v) is 3.88. The number of piperidine rings is 1. The molecule has 142 valence electrons. The Kier molecular flexibility index (Phi) is 4.38. The number of benzene rings is 1. The van der Waals surface area contributed by atoms with Crippen molar-refractivity contribution in [2.24, 2.45) is 0 Å². The summed E-state index contributed by atoms with van der Waals surface area (Å²) in [5.74, 6) is 0.342. The van der Waals surface area contributed by atoms with Crippen molar-refractivity contribution in [2.75, 3.05) is 18.0 Å². The van der Waals surface area contributed by atoms with Gasteiger partial charge in [-0.15, -0.1) is 0 Å². The molecule has 0 bridgehead atoms. The highest BCUT2D eigenvalue weighted by Gasteiger charge is 2.32. The maximum atomic E-state index is 12.8. The largest absolute Gasteiger partial charge is 0.417 e. The van der Waals surface area contributed by atoms with Crippen molar-refractivity contribution >= 4 is 28.5 Å². The molecule has 2 aromatic heterocycles. The van der Waals surface area contributed by atoms with Crippen molar-refractivity contribution in [2.45, 2.75) is 25.1 Å². The summed E-state index contributed by atoms with van der Waals surface area (Å²) in [7, 11) is 0. The van der Waals surface area contributed by atoms with Crippen LogP contribution in [0.5, 0.6) is 0 Å². The Bertz CT molecular complexity index is 1030. The minimum Gasteiger partial charge on any atom is -0.355 e. The van der Waals surface area contributed by atoms with E-state index in [0.29, 0.717) is 31.7 Å². The average molecular weight is 397 g/mol. The molecule has 0 spiro atoms. The summed E-state index contributed by atoms with van der Waals surface area (Å²) in [6.45, 7) is 1.10. The fraction of sp³-hybridized carbons (Fsp3) is 0.333. The Labute approximate surface area is 157 Å². The van der Waals surface area contributed by atoms with Gasteiger partial charge in [0.25, 0.3) is 0 Å². The number of hydrogen-bond donors (Lipinski definition) is 1. The molecule has 0 atom stereocenters. The SMILES string of the molecule is O=c1[nH]c2ccccc2n1C1CCN(c2ncc(C(F)(F)F)cc2Cl)CC1. The summed E-state index contributed by atoms with van der Waals surface area (Å²) in [5.41, 5.74) is 0.626. The van der Waals surface area contributed by atoms with Crippen molar-refractivity contribution in [1.82, 2.24) is 14.5 Å². The molecule has 1 N–H and O–H groups in total. The molecule has 3 aromatic rings. The third-order valence-corrected chi connectivity index (χ3v) is 5.18. The van der Waals surface area contributed by atoms with E-state index in [0.717, 1.165) is 23.3 Å². The van der Waals surface area contributed by atoms with Gasteiger partial charge in [0.15, 0.2) is 0 Å². The molecule has 27 heavy (non-hydrogen) atoms. The lowest BCUT2D eigenvalue weighted by Gasteiger charge is -2.33. The minimum absolute atomic E-state index is 0.0122. The van der Waals surface area contributed by atoms with E-state index in [-0.39, 0.29) is 16.8 Å². The van der Waals surface area contributed by atoms with Gasteiger partial charge in [0, 0.05) is 25.3 Å². The molecular formula is C18H16ClF3N4O. The zero-order valence-electron chi connectivity index (χ0n) is 14.1. The van der Waals surface area contributed by atoms with E-state index in [1.165, 1.54) is 0 Å². The normalized spacial score (nSPS) is 16.2. The quantitative estimate of drug-likeness (QED) is 0.705. The van der Waals surface area contributed by atoms with Gasteiger partial charge in [-0.25, -0.2) is 9.78 Å². The number of H-pyrrole nitrogens is 1. The highest BCUT2D eigenvalue weighted by atomic mass is 35.5. The molecule has 3 heterocycles. The topological polar surface area (TPSA) is 53.9 Å². The van der Waals surface area contributed by atoms with Crippen LogP contribution in [0.2, 0.25) is 5.02 Å². The fourth-order valence-electron chi connectivity index (χ4n) is 3.59. The standard InChI is InChI=1S/C18H16ClF3N4O/c19-13-9-11(18(20,21)22)10-23-16(13)25-7-5-12(6-8-25)26-15-4-2-1-3-14(15)24-17(26)27/h1-4,9-10,12H,5-8H2,(H,24,27). The van der Waals surface area contributed by atoms with Gasteiger partial charge in [0.2, 0.25) is 0 Å². The summed E-state index contributed by atoms with van der Waals surface area (Å²) in [4.78, 5) is 21.0. The van der Waals surface area contributed by atoms with Crippen LogP contribution in [0.15, 0.2) is 41.3 Å². The smallest absolute Gasteiger partial charge is 0.355 e. The van der Waals surface area contributed by atoms with E-state index < -0.39 is 11.7 Å². The minimum atomic E-state index is -4.47. The second kappa shape index (κ2) is 6.60. The molecule has 1 saturated heterocycles. The number of nitrogens with one attached hydrogen (secondary N) is 1. The van der Waals surface area contributed by atoms with E-state index in [1.807, 2.05) is 29.2 Å². The van der Waals surface area contributed by atoms with Crippen LogP contribution in [-0.2, 0) is 6.18 Å². The average Bonchev–Trinajstić information content (AvgIpc) is 2.97. The lowest BCUT2D eigenvalue weighted by atomic mass is 10.0. The second-order valence-corrected chi connectivity index (χ2v) is 6.97. The van der Waals surface area contributed by atoms with Gasteiger partial charge in [-0.2, -0.15) is 13.2 Å². The predicted molar refractivity (Wildman–Crippen MR) is 97.3 cm³/mol. The van der Waals surface area contributed by atoms with Crippen LogP contribution < -0.4 is 10.6 Å². The van der Waals surface area contributed by atoms with Crippen molar-refractivity contribution in [1.29, 1.82) is 0 Å². The first-order valence-electron chi connectivity index (χ1n) is 8.51. The van der Waals surface area contributed by atoms with E-state index >= 15 is 0 Å². The number of nitrogens with zero attached hydrogens (tertiary/aromatic N) is 3. The van der Waals surface area contributed by atoms with E-state index in [1.54, 1.807) is 4.57 Å². The van der Waals surface area contributed by atoms with Gasteiger partial charge in [-0.3, -0.25) is 4.57 Å². The van der Waals surface area contributed by atoms with E-state index in [9.17, 15) is 18.0 Å². The summed E-state index contributed by atoms with van der Waals surface area (Å²) < 4.78 is 40.1. The molecule has 4 rings (SSSR count). The molecule has 0 unspecified atom stereocenters. The van der Waals surface area contributed by atoms with Crippen LogP contribution in [0.25, 0.3) is 11.0 Å². The maximum absolute atomic E-state index is 12.8. The van der Waals surface area contributed by atoms with Crippen LogP contribution in [0.4, 0.5) is 19.0 Å². The van der Waals surface area contributed by atoms with Crippen LogP contribution in [0, 0.1) is 0 Å². The summed E-state index contributed by atoms with van der Waals surface area (Å²) in [6, 6.07) is 8.41. The first-order chi connectivity index (χ1) is 12.8. The monoisotopic (exact) mass is 396 g/mol. The molecule has 1 aliphatic rings. The number of halogens is 4. The van der Waals surface area contributed by atoms with Gasteiger partial charge < -0.3 is 9.88 Å². The van der Waals surface area contributed by atoms with Crippen molar-refractivity contribution < 1.29 is 13.2 Å². The zero-order chi connectivity index (χ0) is 19.2. The maximum Gasteiger partial charge on any atom is 0.417 e. The summed E-state index contributed by atoms with van der Waals surface area (Å²) >= 11 is 6.04. The Morgan fingerprint density at radius 3 is 2.56 bits per heavy atom. The highest BCUT2D eigenvalue weighted by molar-refractivity contribution is 6.33. The predicted octanol–water partition coefficient (Wildman–Crippen LogP) is 4.24. The number of rotatable bonds is 2. The molecule has 0 saturated carbocycles. The van der Waals surface area contributed by atoms with Crippen LogP contribution in [-0.4, -0.2) is 27.6 Å². The van der Waals surface area contributed by atoms with Crippen LogP contribution >= 0.6 is 11.6 Å². The Morgan fingerprint density at radius 1 is 1.19 bits per heavy atom. The molecular weight excluding hydrogens is 381 g/mol. The summed E-state index contributed by atoms with van der Waals surface area (Å²) in [6.07, 6.45) is -2.34. The highest BCUT2D eigenvalue weighted by Crippen LogP contribution is 2.35. The molecule has 1 aromatic carbocycles. The molecule has 0 aliphatic carbocycles. The Hall–Kier alpha value is -2.48. The van der Waals surface area contributed by atoms with Crippen LogP contribution in [0.1, 0.15) is 24.4 Å². The Balaban J connectivity index is 1.54. The number of anilines is 1. The van der Waals surface area contributed by atoms with Crippen molar-refractivity contribution in [3.8, 4) is 0 Å². The van der Waals surface area contributed by atoms with Crippen LogP contribution in [0.3, 0.4) is 0 Å². The lowest BCUT2D eigenvalue weighted by Crippen LogP contribution is -2.37. The van der Waals surface area contributed by atoms with E-state index in [4.69, 9.17) is 11.6 Å². The lowest BCUT2D eigenvalue weighted by molar-refractivity contribution is -0.137. The number of aromatic nitrogens is 3. The third kappa shape index (κ3) is 3.29. The summed E-state index contributed by atoms with van der Waals surface area (Å²) in [5, 5.41) is -0.0208. The van der Waals surface area contributed by atoms with Gasteiger partial charge in [-0.05, 0) is 31.0 Å². The van der Waals surface area contributed by atoms with Crippen molar-refractivity contribution in [3.05, 3.63) is 57.6 Å².